The van der Waals surface area contributed by atoms with Gasteiger partial charge in [-0.2, -0.15) is 5.10 Å². The predicted octanol–water partition coefficient (Wildman–Crippen LogP) is 2.29. The van der Waals surface area contributed by atoms with Crippen LogP contribution in [0.5, 0.6) is 0 Å². The van der Waals surface area contributed by atoms with Gasteiger partial charge in [0.15, 0.2) is 5.69 Å². The summed E-state index contributed by atoms with van der Waals surface area (Å²) in [5, 5.41) is 11.7. The molecule has 4 saturated carbocycles. The fourth-order valence-electron chi connectivity index (χ4n) is 6.33. The maximum atomic E-state index is 13.6. The minimum absolute atomic E-state index is 0.0340. The third-order valence-electron chi connectivity index (χ3n) is 7.03. The first-order chi connectivity index (χ1) is 13.8. The summed E-state index contributed by atoms with van der Waals surface area (Å²) in [6.07, 6.45) is 9.20. The van der Waals surface area contributed by atoms with Crippen LogP contribution in [-0.2, 0) is 16.9 Å². The van der Waals surface area contributed by atoms with E-state index >= 15 is 0 Å². The summed E-state index contributed by atoms with van der Waals surface area (Å²) in [6.45, 7) is 2.51. The minimum atomic E-state index is -0.637. The zero-order valence-corrected chi connectivity index (χ0v) is 17.9. The second kappa shape index (κ2) is 6.38. The highest BCUT2D eigenvalue weighted by atomic mass is 79.9. The average molecular weight is 462 g/mol. The number of primary amides is 1. The zero-order valence-electron chi connectivity index (χ0n) is 16.3. The normalized spacial score (nSPS) is 32.5. The molecule has 0 saturated heterocycles. The molecule has 10 heteroatoms. The van der Waals surface area contributed by atoms with E-state index in [1.807, 2.05) is 11.6 Å². The van der Waals surface area contributed by atoms with Crippen LogP contribution in [0.1, 0.15) is 55.9 Å². The molecular weight excluding hydrogens is 438 g/mol. The number of hydrogen-bond donors (Lipinski definition) is 2. The number of aromatic nitrogens is 5. The Labute approximate surface area is 176 Å². The van der Waals surface area contributed by atoms with Crippen molar-refractivity contribution < 1.29 is 9.59 Å². The van der Waals surface area contributed by atoms with Crippen molar-refractivity contribution in [3.63, 3.8) is 0 Å². The van der Waals surface area contributed by atoms with Crippen LogP contribution in [0.15, 0.2) is 17.3 Å². The van der Waals surface area contributed by atoms with Crippen molar-refractivity contribution in [3.8, 4) is 0 Å². The Morgan fingerprint density at radius 2 is 2.00 bits per heavy atom. The van der Waals surface area contributed by atoms with Crippen LogP contribution in [0.2, 0.25) is 0 Å². The molecule has 4 bridgehead atoms. The fraction of sp³-hybridized carbons (Fsp3) is 0.632. The Morgan fingerprint density at radius 1 is 1.28 bits per heavy atom. The van der Waals surface area contributed by atoms with Crippen molar-refractivity contribution in [3.05, 3.63) is 23.0 Å². The van der Waals surface area contributed by atoms with Crippen molar-refractivity contribution in [2.75, 3.05) is 5.32 Å². The number of carbonyl (C=O) groups is 2. The summed E-state index contributed by atoms with van der Waals surface area (Å²) in [5.41, 5.74) is 5.35. The van der Waals surface area contributed by atoms with Gasteiger partial charge in [0.2, 0.25) is 10.6 Å². The van der Waals surface area contributed by atoms with E-state index in [1.54, 1.807) is 17.2 Å². The van der Waals surface area contributed by atoms with Crippen molar-refractivity contribution in [2.24, 2.45) is 23.0 Å². The molecule has 6 rings (SSSR count). The van der Waals surface area contributed by atoms with Gasteiger partial charge in [-0.25, -0.2) is 9.67 Å². The number of nitrogens with one attached hydrogen (secondary N) is 1. The molecule has 2 aromatic heterocycles. The van der Waals surface area contributed by atoms with Crippen LogP contribution in [0.3, 0.4) is 0 Å². The molecule has 0 spiro atoms. The lowest BCUT2D eigenvalue weighted by Gasteiger charge is -2.60. The van der Waals surface area contributed by atoms with Gasteiger partial charge in [-0.15, -0.1) is 5.10 Å². The van der Waals surface area contributed by atoms with Crippen LogP contribution < -0.4 is 11.1 Å². The van der Waals surface area contributed by atoms with Crippen LogP contribution >= 0.6 is 15.9 Å². The first kappa shape index (κ1) is 18.8. The van der Waals surface area contributed by atoms with E-state index in [0.717, 1.165) is 32.1 Å². The number of amides is 2. The smallest absolute Gasteiger partial charge is 0.271 e. The SMILES string of the molecule is CCn1cc(NC(=O)C23C[C@@H]4C[C@@H](C2)CC(n2cnc(Br)n2)(C4)C3)c(C(N)=O)n1. The van der Waals surface area contributed by atoms with Crippen molar-refractivity contribution in [1.29, 1.82) is 0 Å². The van der Waals surface area contributed by atoms with E-state index in [2.05, 4.69) is 36.4 Å². The molecule has 9 nitrogen and oxygen atoms in total. The molecule has 4 aliphatic rings. The topological polar surface area (TPSA) is 121 Å². The number of anilines is 1. The second-order valence-corrected chi connectivity index (χ2v) is 9.70. The quantitative estimate of drug-likeness (QED) is 0.707. The molecule has 2 aromatic rings. The second-order valence-electron chi connectivity index (χ2n) is 8.99. The molecule has 0 aliphatic heterocycles. The molecular formula is C19H24BrN7O2. The van der Waals surface area contributed by atoms with Crippen LogP contribution in [0.4, 0.5) is 5.69 Å². The Morgan fingerprint density at radius 3 is 2.59 bits per heavy atom. The molecule has 154 valence electrons. The molecule has 29 heavy (non-hydrogen) atoms. The highest BCUT2D eigenvalue weighted by molar-refractivity contribution is 9.10. The van der Waals surface area contributed by atoms with Crippen molar-refractivity contribution >= 4 is 33.4 Å². The van der Waals surface area contributed by atoms with Gasteiger partial charge in [-0.05, 0) is 73.2 Å². The van der Waals surface area contributed by atoms with Gasteiger partial charge in [0.1, 0.15) is 6.33 Å². The Bertz CT molecular complexity index is 983. The largest absolute Gasteiger partial charge is 0.364 e. The number of aryl methyl sites for hydroxylation is 1. The lowest BCUT2D eigenvalue weighted by Crippen LogP contribution is -2.60. The van der Waals surface area contributed by atoms with E-state index in [-0.39, 0.29) is 17.1 Å². The van der Waals surface area contributed by atoms with E-state index in [4.69, 9.17) is 5.73 Å². The number of carbonyl (C=O) groups excluding carboxylic acids is 2. The summed E-state index contributed by atoms with van der Waals surface area (Å²) in [5.74, 6) is 0.327. The molecule has 0 aromatic carbocycles. The maximum Gasteiger partial charge on any atom is 0.271 e. The highest BCUT2D eigenvalue weighted by Crippen LogP contribution is 2.64. The van der Waals surface area contributed by atoms with Gasteiger partial charge >= 0.3 is 0 Å². The predicted molar refractivity (Wildman–Crippen MR) is 108 cm³/mol. The molecule has 0 unspecified atom stereocenters. The summed E-state index contributed by atoms with van der Waals surface area (Å²) < 4.78 is 4.16. The maximum absolute atomic E-state index is 13.6. The first-order valence-corrected chi connectivity index (χ1v) is 10.9. The van der Waals surface area contributed by atoms with Crippen LogP contribution in [-0.4, -0.2) is 36.4 Å². The summed E-state index contributed by atoms with van der Waals surface area (Å²) >= 11 is 3.35. The molecule has 2 amide bonds. The van der Waals surface area contributed by atoms with Gasteiger partial charge in [0, 0.05) is 12.7 Å². The summed E-state index contributed by atoms with van der Waals surface area (Å²) in [7, 11) is 0. The molecule has 2 heterocycles. The molecule has 0 radical (unpaired) electrons. The number of nitrogens with two attached hydrogens (primary N) is 1. The first-order valence-electron chi connectivity index (χ1n) is 10.1. The fourth-order valence-corrected chi connectivity index (χ4v) is 6.59. The Hall–Kier alpha value is -2.23. The monoisotopic (exact) mass is 461 g/mol. The number of rotatable bonds is 5. The standard InChI is InChI=1S/C19H24BrN7O2/c1-2-26-8-13(14(24-26)15(21)28)23-16(29)18-4-11-3-12(5-18)7-19(6-11,9-18)27-10-22-17(20)25-27/h8,10-12H,2-7,9H2,1H3,(H2,21,28)(H,23,29)/t11-,12-,18?,19?/m0/s1. The minimum Gasteiger partial charge on any atom is -0.364 e. The average Bonchev–Trinajstić information content (AvgIpc) is 3.27. The lowest BCUT2D eigenvalue weighted by molar-refractivity contribution is -0.150. The molecule has 4 fully saturated rings. The molecule has 2 atom stereocenters. The number of hydrogen-bond acceptors (Lipinski definition) is 5. The summed E-state index contributed by atoms with van der Waals surface area (Å²) in [4.78, 5) is 29.6. The summed E-state index contributed by atoms with van der Waals surface area (Å²) in [6, 6.07) is 0. The van der Waals surface area contributed by atoms with E-state index in [1.165, 1.54) is 6.42 Å². The van der Waals surface area contributed by atoms with Crippen molar-refractivity contribution in [1.82, 2.24) is 24.5 Å². The van der Waals surface area contributed by atoms with Gasteiger partial charge < -0.3 is 11.1 Å². The van der Waals surface area contributed by atoms with Crippen molar-refractivity contribution in [2.45, 2.75) is 57.5 Å². The Balaban J connectivity index is 1.47. The zero-order chi connectivity index (χ0) is 20.4. The van der Waals surface area contributed by atoms with E-state index in [9.17, 15) is 9.59 Å². The van der Waals surface area contributed by atoms with E-state index in [0.29, 0.717) is 28.8 Å². The molecule has 3 N–H and O–H groups in total. The van der Waals surface area contributed by atoms with Gasteiger partial charge in [0.05, 0.1) is 16.6 Å². The van der Waals surface area contributed by atoms with Gasteiger partial charge in [0.25, 0.3) is 5.91 Å². The van der Waals surface area contributed by atoms with Crippen LogP contribution in [0, 0.1) is 17.3 Å². The Kier molecular flexibility index (Phi) is 4.13. The van der Waals surface area contributed by atoms with Gasteiger partial charge in [-0.3, -0.25) is 14.3 Å². The third kappa shape index (κ3) is 2.91. The van der Waals surface area contributed by atoms with E-state index < -0.39 is 11.3 Å². The highest BCUT2D eigenvalue weighted by Gasteiger charge is 2.61. The molecule has 4 aliphatic carbocycles. The number of halogens is 1. The number of nitrogens with zero attached hydrogens (tertiary/aromatic N) is 5. The van der Waals surface area contributed by atoms with Gasteiger partial charge in [-0.1, -0.05) is 0 Å². The van der Waals surface area contributed by atoms with Crippen LogP contribution in [0.25, 0.3) is 0 Å². The third-order valence-corrected chi connectivity index (χ3v) is 7.39. The lowest BCUT2D eigenvalue weighted by atomic mass is 9.46.